The van der Waals surface area contributed by atoms with Gasteiger partial charge in [-0.25, -0.2) is 4.68 Å². The van der Waals surface area contributed by atoms with E-state index in [0.29, 0.717) is 22.6 Å². The van der Waals surface area contributed by atoms with E-state index < -0.39 is 0 Å². The zero-order valence-corrected chi connectivity index (χ0v) is 15.9. The normalized spacial score (nSPS) is 13.0. The van der Waals surface area contributed by atoms with Gasteiger partial charge in [0.2, 0.25) is 5.91 Å². The Bertz CT molecular complexity index is 1140. The topological polar surface area (TPSA) is 110 Å². The number of tetrazole rings is 1. The molecule has 4 rings (SSSR count). The fourth-order valence-corrected chi connectivity index (χ4v) is 3.25. The highest BCUT2D eigenvalue weighted by molar-refractivity contribution is 6.21. The van der Waals surface area contributed by atoms with Gasteiger partial charge in [0, 0.05) is 31.3 Å². The summed E-state index contributed by atoms with van der Waals surface area (Å²) in [5.74, 6) is -0.457. The highest BCUT2D eigenvalue weighted by Crippen LogP contribution is 2.24. The summed E-state index contributed by atoms with van der Waals surface area (Å²) in [6, 6.07) is 12.3. The van der Waals surface area contributed by atoms with Crippen LogP contribution in [-0.4, -0.2) is 49.4 Å². The second-order valence-corrected chi connectivity index (χ2v) is 6.82. The molecule has 1 aliphatic rings. The Morgan fingerprint density at radius 1 is 1.07 bits per heavy atom. The van der Waals surface area contributed by atoms with Gasteiger partial charge >= 0.3 is 0 Å². The van der Waals surface area contributed by atoms with Gasteiger partial charge in [-0.1, -0.05) is 23.8 Å². The minimum atomic E-state index is -0.366. The molecule has 1 aliphatic heterocycles. The quantitative estimate of drug-likeness (QED) is 0.666. The van der Waals surface area contributed by atoms with Crippen molar-refractivity contribution in [3.63, 3.8) is 0 Å². The molecule has 1 N–H and O–H groups in total. The first-order chi connectivity index (χ1) is 13.9. The van der Waals surface area contributed by atoms with Crippen molar-refractivity contribution in [3.05, 3.63) is 59.2 Å². The standard InChI is InChI=1S/C20H18N6O3/c1-12-6-7-15-16(10-12)20(29)26(19(15)28)9-8-17(27)21-14-5-3-4-13(11-14)18-22-23-24-25(18)2/h3-7,10-11H,8-9H2,1-2H3,(H,21,27). The van der Waals surface area contributed by atoms with Crippen LogP contribution in [0.25, 0.3) is 11.4 Å². The van der Waals surface area contributed by atoms with Crippen molar-refractivity contribution in [2.45, 2.75) is 13.3 Å². The zero-order chi connectivity index (χ0) is 20.5. The maximum absolute atomic E-state index is 12.5. The Labute approximate surface area is 166 Å². The van der Waals surface area contributed by atoms with Crippen molar-refractivity contribution in [3.8, 4) is 11.4 Å². The largest absolute Gasteiger partial charge is 0.326 e. The molecule has 0 spiro atoms. The highest BCUT2D eigenvalue weighted by Gasteiger charge is 2.35. The number of fused-ring (bicyclic) bond motifs is 1. The third-order valence-corrected chi connectivity index (χ3v) is 4.71. The number of amides is 3. The molecule has 0 aliphatic carbocycles. The predicted molar refractivity (Wildman–Crippen MR) is 104 cm³/mol. The van der Waals surface area contributed by atoms with E-state index in [1.54, 1.807) is 43.4 Å². The van der Waals surface area contributed by atoms with Gasteiger partial charge in [-0.15, -0.1) is 5.10 Å². The molecule has 0 unspecified atom stereocenters. The molecular formula is C20H18N6O3. The van der Waals surface area contributed by atoms with Gasteiger partial charge < -0.3 is 5.32 Å². The average Bonchev–Trinajstić information content (AvgIpc) is 3.22. The molecule has 0 radical (unpaired) electrons. The summed E-state index contributed by atoms with van der Waals surface area (Å²) >= 11 is 0. The molecule has 0 bridgehead atoms. The van der Waals surface area contributed by atoms with Gasteiger partial charge in [-0.2, -0.15) is 0 Å². The van der Waals surface area contributed by atoms with Gasteiger partial charge in [-0.05, 0) is 41.6 Å². The average molecular weight is 390 g/mol. The Balaban J connectivity index is 1.41. The first kappa shape index (κ1) is 18.5. The van der Waals surface area contributed by atoms with Gasteiger partial charge in [0.25, 0.3) is 11.8 Å². The molecule has 2 heterocycles. The smallest absolute Gasteiger partial charge is 0.261 e. The Kier molecular flexibility index (Phi) is 4.63. The second kappa shape index (κ2) is 7.27. The lowest BCUT2D eigenvalue weighted by molar-refractivity contribution is -0.116. The summed E-state index contributed by atoms with van der Waals surface area (Å²) in [6.07, 6.45) is 0.000193. The zero-order valence-electron chi connectivity index (χ0n) is 15.9. The Hall–Kier alpha value is -3.88. The van der Waals surface area contributed by atoms with Crippen LogP contribution in [0.5, 0.6) is 0 Å². The molecule has 146 valence electrons. The van der Waals surface area contributed by atoms with E-state index in [1.807, 2.05) is 13.0 Å². The van der Waals surface area contributed by atoms with Crippen LogP contribution in [0, 0.1) is 6.92 Å². The minimum absolute atomic E-state index is 0.000193. The Morgan fingerprint density at radius 2 is 1.86 bits per heavy atom. The molecule has 2 aromatic carbocycles. The van der Waals surface area contributed by atoms with Crippen molar-refractivity contribution in [2.24, 2.45) is 7.05 Å². The number of imide groups is 1. The summed E-state index contributed by atoms with van der Waals surface area (Å²) in [6.45, 7) is 1.88. The van der Waals surface area contributed by atoms with E-state index in [1.165, 1.54) is 4.68 Å². The molecule has 0 saturated carbocycles. The van der Waals surface area contributed by atoms with Crippen LogP contribution in [0.1, 0.15) is 32.7 Å². The number of rotatable bonds is 5. The number of anilines is 1. The van der Waals surface area contributed by atoms with E-state index in [9.17, 15) is 14.4 Å². The molecule has 0 fully saturated rings. The van der Waals surface area contributed by atoms with Crippen LogP contribution >= 0.6 is 0 Å². The van der Waals surface area contributed by atoms with E-state index in [0.717, 1.165) is 16.0 Å². The number of carbonyl (C=O) groups excluding carboxylic acids is 3. The third kappa shape index (κ3) is 3.49. The number of benzene rings is 2. The lowest BCUT2D eigenvalue weighted by Gasteiger charge is -2.13. The Morgan fingerprint density at radius 3 is 2.62 bits per heavy atom. The van der Waals surface area contributed by atoms with E-state index in [2.05, 4.69) is 20.8 Å². The van der Waals surface area contributed by atoms with Crippen molar-refractivity contribution in [1.29, 1.82) is 0 Å². The van der Waals surface area contributed by atoms with Crippen molar-refractivity contribution in [2.75, 3.05) is 11.9 Å². The minimum Gasteiger partial charge on any atom is -0.326 e. The number of hydrogen-bond acceptors (Lipinski definition) is 6. The summed E-state index contributed by atoms with van der Waals surface area (Å²) in [4.78, 5) is 38.4. The van der Waals surface area contributed by atoms with Crippen LogP contribution in [-0.2, 0) is 11.8 Å². The number of carbonyl (C=O) groups is 3. The molecule has 29 heavy (non-hydrogen) atoms. The number of aryl methyl sites for hydroxylation is 2. The molecular weight excluding hydrogens is 372 g/mol. The molecule has 0 saturated heterocycles. The predicted octanol–water partition coefficient (Wildman–Crippen LogP) is 1.81. The molecule has 3 amide bonds. The van der Waals surface area contributed by atoms with Crippen LogP contribution in [0.3, 0.4) is 0 Å². The van der Waals surface area contributed by atoms with E-state index in [-0.39, 0.29) is 30.7 Å². The van der Waals surface area contributed by atoms with Crippen molar-refractivity contribution >= 4 is 23.4 Å². The van der Waals surface area contributed by atoms with Gasteiger partial charge in [-0.3, -0.25) is 19.3 Å². The van der Waals surface area contributed by atoms with Crippen molar-refractivity contribution < 1.29 is 14.4 Å². The van der Waals surface area contributed by atoms with Gasteiger partial charge in [0.15, 0.2) is 5.82 Å². The van der Waals surface area contributed by atoms with E-state index >= 15 is 0 Å². The van der Waals surface area contributed by atoms with E-state index in [4.69, 9.17) is 0 Å². The summed E-state index contributed by atoms with van der Waals surface area (Å²) in [7, 11) is 1.73. The third-order valence-electron chi connectivity index (χ3n) is 4.71. The van der Waals surface area contributed by atoms with Crippen molar-refractivity contribution in [1.82, 2.24) is 25.1 Å². The number of nitrogens with zero attached hydrogens (tertiary/aromatic N) is 5. The SMILES string of the molecule is Cc1ccc2c(c1)C(=O)N(CCC(=O)Nc1cccc(-c3nnnn3C)c1)C2=O. The van der Waals surface area contributed by atoms with Crippen LogP contribution in [0.2, 0.25) is 0 Å². The molecule has 9 heteroatoms. The highest BCUT2D eigenvalue weighted by atomic mass is 16.2. The van der Waals surface area contributed by atoms with Crippen LogP contribution in [0.15, 0.2) is 42.5 Å². The van der Waals surface area contributed by atoms with Crippen LogP contribution in [0.4, 0.5) is 5.69 Å². The monoisotopic (exact) mass is 390 g/mol. The first-order valence-corrected chi connectivity index (χ1v) is 9.03. The lowest BCUT2D eigenvalue weighted by Crippen LogP contribution is -2.32. The maximum Gasteiger partial charge on any atom is 0.261 e. The fourth-order valence-electron chi connectivity index (χ4n) is 3.25. The van der Waals surface area contributed by atoms with Crippen LogP contribution < -0.4 is 5.32 Å². The number of aromatic nitrogens is 4. The molecule has 3 aromatic rings. The fraction of sp³-hybridized carbons (Fsp3) is 0.200. The summed E-state index contributed by atoms with van der Waals surface area (Å²) < 4.78 is 1.53. The summed E-state index contributed by atoms with van der Waals surface area (Å²) in [5, 5.41) is 14.1. The van der Waals surface area contributed by atoms with Gasteiger partial charge in [0.05, 0.1) is 11.1 Å². The lowest BCUT2D eigenvalue weighted by atomic mass is 10.1. The van der Waals surface area contributed by atoms with Gasteiger partial charge in [0.1, 0.15) is 0 Å². The second-order valence-electron chi connectivity index (χ2n) is 6.82. The molecule has 1 aromatic heterocycles. The molecule has 0 atom stereocenters. The number of hydrogen-bond donors (Lipinski definition) is 1. The first-order valence-electron chi connectivity index (χ1n) is 9.03. The summed E-state index contributed by atoms with van der Waals surface area (Å²) in [5.41, 5.74) is 3.01. The number of nitrogens with one attached hydrogen (secondary N) is 1. The maximum atomic E-state index is 12.5. The molecule has 9 nitrogen and oxygen atoms in total.